The Morgan fingerprint density at radius 3 is 2.20 bits per heavy atom. The Bertz CT molecular complexity index is 590. The first-order valence-electron chi connectivity index (χ1n) is 5.03. The standard InChI is InChI=1S/C11H5F6NOS/c12-10(13,14)6-2-1-3-7(9(6)11(15,16)17)19-8-4-20-5-18-8/h1-5H. The fourth-order valence-electron chi connectivity index (χ4n) is 1.51. The third-order valence-corrected chi connectivity index (χ3v) is 2.80. The number of alkyl halides is 6. The highest BCUT2D eigenvalue weighted by Gasteiger charge is 2.45. The van der Waals surface area contributed by atoms with Gasteiger partial charge in [0.1, 0.15) is 11.3 Å². The van der Waals surface area contributed by atoms with Gasteiger partial charge in [-0.3, -0.25) is 0 Å². The summed E-state index contributed by atoms with van der Waals surface area (Å²) in [7, 11) is 0. The van der Waals surface area contributed by atoms with E-state index in [1.54, 1.807) is 0 Å². The van der Waals surface area contributed by atoms with Crippen molar-refractivity contribution < 1.29 is 31.1 Å². The third kappa shape index (κ3) is 3.03. The molecule has 0 fully saturated rings. The molecule has 0 aliphatic rings. The van der Waals surface area contributed by atoms with Gasteiger partial charge in [-0.25, -0.2) is 4.98 Å². The molecule has 0 aliphatic carbocycles. The van der Waals surface area contributed by atoms with Crippen LogP contribution in [-0.2, 0) is 12.4 Å². The van der Waals surface area contributed by atoms with Crippen LogP contribution in [0.25, 0.3) is 0 Å². The number of thiazole rings is 1. The first kappa shape index (κ1) is 14.6. The summed E-state index contributed by atoms with van der Waals surface area (Å²) in [5.41, 5.74) is -2.37. The number of hydrogen-bond donors (Lipinski definition) is 0. The summed E-state index contributed by atoms with van der Waals surface area (Å²) in [6, 6.07) is 2.02. The Balaban J connectivity index is 2.57. The molecule has 0 saturated heterocycles. The fraction of sp³-hybridized carbons (Fsp3) is 0.182. The van der Waals surface area contributed by atoms with E-state index in [2.05, 4.69) is 4.98 Å². The lowest BCUT2D eigenvalue weighted by Crippen LogP contribution is -2.17. The Hall–Kier alpha value is -1.77. The first-order chi connectivity index (χ1) is 9.19. The Morgan fingerprint density at radius 1 is 1.00 bits per heavy atom. The zero-order valence-electron chi connectivity index (χ0n) is 9.42. The van der Waals surface area contributed by atoms with Gasteiger partial charge in [-0.2, -0.15) is 26.3 Å². The SMILES string of the molecule is FC(F)(F)c1cccc(Oc2cscn2)c1C(F)(F)F. The topological polar surface area (TPSA) is 22.1 Å². The molecule has 108 valence electrons. The monoisotopic (exact) mass is 313 g/mol. The maximum absolute atomic E-state index is 12.9. The molecule has 0 atom stereocenters. The van der Waals surface area contributed by atoms with Crippen molar-refractivity contribution in [3.8, 4) is 11.6 Å². The Labute approximate surface area is 112 Å². The highest BCUT2D eigenvalue weighted by atomic mass is 32.1. The molecule has 0 unspecified atom stereocenters. The van der Waals surface area contributed by atoms with Gasteiger partial charge in [0.05, 0.1) is 16.5 Å². The van der Waals surface area contributed by atoms with Gasteiger partial charge in [-0.05, 0) is 12.1 Å². The molecule has 0 aliphatic heterocycles. The molecular formula is C11H5F6NOS. The summed E-state index contributed by atoms with van der Waals surface area (Å²) < 4.78 is 81.4. The molecule has 1 heterocycles. The van der Waals surface area contributed by atoms with Crippen LogP contribution in [0.15, 0.2) is 29.1 Å². The molecule has 1 aromatic heterocycles. The van der Waals surface area contributed by atoms with E-state index >= 15 is 0 Å². The number of nitrogens with zero attached hydrogens (tertiary/aromatic N) is 1. The van der Waals surface area contributed by atoms with E-state index in [-0.39, 0.29) is 5.88 Å². The molecule has 0 saturated carbocycles. The average Bonchev–Trinajstić information content (AvgIpc) is 2.79. The number of ether oxygens (including phenoxy) is 1. The van der Waals surface area contributed by atoms with Crippen molar-refractivity contribution in [1.82, 2.24) is 4.98 Å². The molecule has 1 aromatic carbocycles. The van der Waals surface area contributed by atoms with Crippen LogP contribution in [0.3, 0.4) is 0 Å². The van der Waals surface area contributed by atoms with Crippen LogP contribution >= 0.6 is 11.3 Å². The van der Waals surface area contributed by atoms with Crippen molar-refractivity contribution in [2.45, 2.75) is 12.4 Å². The van der Waals surface area contributed by atoms with Crippen molar-refractivity contribution in [3.63, 3.8) is 0 Å². The predicted molar refractivity (Wildman–Crippen MR) is 58.6 cm³/mol. The van der Waals surface area contributed by atoms with Gasteiger partial charge in [-0.15, -0.1) is 11.3 Å². The smallest absolute Gasteiger partial charge is 0.420 e. The summed E-state index contributed by atoms with van der Waals surface area (Å²) >= 11 is 1.04. The predicted octanol–water partition coefficient (Wildman–Crippen LogP) is 4.97. The van der Waals surface area contributed by atoms with Crippen molar-refractivity contribution in [2.24, 2.45) is 0 Å². The lowest BCUT2D eigenvalue weighted by Gasteiger charge is -2.18. The summed E-state index contributed by atoms with van der Waals surface area (Å²) in [5, 5.41) is 1.28. The summed E-state index contributed by atoms with van der Waals surface area (Å²) in [5.74, 6) is -1.13. The number of hydrogen-bond acceptors (Lipinski definition) is 3. The van der Waals surface area contributed by atoms with Gasteiger partial charge in [0.25, 0.3) is 0 Å². The van der Waals surface area contributed by atoms with E-state index in [0.29, 0.717) is 6.07 Å². The molecule has 0 amide bonds. The number of halogens is 6. The van der Waals surface area contributed by atoms with E-state index in [1.165, 1.54) is 10.9 Å². The van der Waals surface area contributed by atoms with Crippen LogP contribution < -0.4 is 4.74 Å². The molecule has 2 aromatic rings. The highest BCUT2D eigenvalue weighted by molar-refractivity contribution is 7.07. The van der Waals surface area contributed by atoms with E-state index < -0.39 is 29.2 Å². The summed E-state index contributed by atoms with van der Waals surface area (Å²) in [4.78, 5) is 3.57. The molecular weight excluding hydrogens is 308 g/mol. The molecule has 0 spiro atoms. The van der Waals surface area contributed by atoms with Gasteiger partial charge in [-0.1, -0.05) is 6.07 Å². The zero-order valence-corrected chi connectivity index (χ0v) is 10.2. The van der Waals surface area contributed by atoms with Gasteiger partial charge in [0, 0.05) is 0 Å². The molecule has 0 N–H and O–H groups in total. The highest BCUT2D eigenvalue weighted by Crippen LogP contribution is 2.45. The van der Waals surface area contributed by atoms with Crippen LogP contribution in [0.4, 0.5) is 26.3 Å². The summed E-state index contributed by atoms with van der Waals surface area (Å²) in [6.45, 7) is 0. The third-order valence-electron chi connectivity index (χ3n) is 2.24. The van der Waals surface area contributed by atoms with Gasteiger partial charge in [0.2, 0.25) is 5.88 Å². The fourth-order valence-corrected chi connectivity index (χ4v) is 1.96. The quantitative estimate of drug-likeness (QED) is 0.730. The number of aromatic nitrogens is 1. The van der Waals surface area contributed by atoms with E-state index in [4.69, 9.17) is 4.74 Å². The van der Waals surface area contributed by atoms with E-state index in [0.717, 1.165) is 23.5 Å². The lowest BCUT2D eigenvalue weighted by molar-refractivity contribution is -0.162. The first-order valence-corrected chi connectivity index (χ1v) is 5.97. The van der Waals surface area contributed by atoms with Crippen molar-refractivity contribution in [3.05, 3.63) is 40.2 Å². The van der Waals surface area contributed by atoms with Crippen molar-refractivity contribution in [2.75, 3.05) is 0 Å². The van der Waals surface area contributed by atoms with Crippen molar-refractivity contribution >= 4 is 11.3 Å². The molecule has 2 rings (SSSR count). The van der Waals surface area contributed by atoms with E-state index in [1.807, 2.05) is 0 Å². The molecule has 0 bridgehead atoms. The molecule has 2 nitrogen and oxygen atoms in total. The Kier molecular flexibility index (Phi) is 3.63. The van der Waals surface area contributed by atoms with Crippen LogP contribution in [0.5, 0.6) is 11.6 Å². The number of rotatable bonds is 2. The largest absolute Gasteiger partial charge is 0.438 e. The van der Waals surface area contributed by atoms with E-state index in [9.17, 15) is 26.3 Å². The minimum atomic E-state index is -5.20. The molecule has 0 radical (unpaired) electrons. The molecule has 20 heavy (non-hydrogen) atoms. The maximum atomic E-state index is 12.9. The second-order valence-electron chi connectivity index (χ2n) is 3.60. The van der Waals surface area contributed by atoms with Gasteiger partial charge >= 0.3 is 12.4 Å². The minimum Gasteiger partial charge on any atom is -0.438 e. The minimum absolute atomic E-state index is 0.195. The molecule has 9 heteroatoms. The lowest BCUT2D eigenvalue weighted by atomic mass is 10.1. The number of benzene rings is 1. The maximum Gasteiger partial charge on any atom is 0.420 e. The van der Waals surface area contributed by atoms with Gasteiger partial charge in [0.15, 0.2) is 0 Å². The van der Waals surface area contributed by atoms with Gasteiger partial charge < -0.3 is 4.74 Å². The van der Waals surface area contributed by atoms with Crippen LogP contribution in [0, 0.1) is 0 Å². The van der Waals surface area contributed by atoms with Crippen LogP contribution in [0.1, 0.15) is 11.1 Å². The second kappa shape index (κ2) is 4.97. The second-order valence-corrected chi connectivity index (χ2v) is 4.32. The van der Waals surface area contributed by atoms with Crippen molar-refractivity contribution in [1.29, 1.82) is 0 Å². The zero-order chi connectivity index (χ0) is 15.0. The van der Waals surface area contributed by atoms with Crippen LogP contribution in [-0.4, -0.2) is 4.98 Å². The average molecular weight is 313 g/mol. The normalized spacial score (nSPS) is 12.5. The van der Waals surface area contributed by atoms with Crippen LogP contribution in [0.2, 0.25) is 0 Å². The Morgan fingerprint density at radius 2 is 1.70 bits per heavy atom. The summed E-state index contributed by atoms with van der Waals surface area (Å²) in [6.07, 6.45) is -10.3.